The predicted molar refractivity (Wildman–Crippen MR) is 83.9 cm³/mol. The lowest BCUT2D eigenvalue weighted by Gasteiger charge is -2.41. The van der Waals surface area contributed by atoms with E-state index >= 15 is 0 Å². The Morgan fingerprint density at radius 2 is 1.86 bits per heavy atom. The molecule has 2 aliphatic heterocycles. The SMILES string of the molecule is O=S1(c2ccc(Cl)cc2)=C2CC2[C@H]2COC[C@@H](C3CC3)N21. The van der Waals surface area contributed by atoms with E-state index in [4.69, 9.17) is 16.3 Å². The average Bonchev–Trinajstić information content (AvgIpc) is 3.38. The van der Waals surface area contributed by atoms with Crippen LogP contribution in [0.2, 0.25) is 5.02 Å². The number of hydrogen-bond donors (Lipinski definition) is 0. The van der Waals surface area contributed by atoms with E-state index in [0.29, 0.717) is 28.9 Å². The highest BCUT2D eigenvalue weighted by atomic mass is 35.5. The van der Waals surface area contributed by atoms with Crippen LogP contribution in [0.25, 0.3) is 0 Å². The molecule has 0 bridgehead atoms. The molecule has 3 nitrogen and oxygen atoms in total. The smallest absolute Gasteiger partial charge is 0.0639 e. The number of halogens is 1. The summed E-state index contributed by atoms with van der Waals surface area (Å²) < 4.78 is 22.2. The van der Waals surface area contributed by atoms with Gasteiger partial charge in [-0.15, -0.1) is 0 Å². The van der Waals surface area contributed by atoms with Crippen LogP contribution in [-0.2, 0) is 14.4 Å². The molecule has 2 unspecified atom stereocenters. The molecule has 0 spiro atoms. The summed E-state index contributed by atoms with van der Waals surface area (Å²) in [5.74, 6) is 1.17. The molecule has 2 heterocycles. The van der Waals surface area contributed by atoms with Crippen LogP contribution in [0.4, 0.5) is 0 Å². The fraction of sp³-hybridized carbons (Fsp3) is 0.562. The quantitative estimate of drug-likeness (QED) is 0.783. The van der Waals surface area contributed by atoms with Crippen LogP contribution in [0.3, 0.4) is 0 Å². The minimum atomic E-state index is -2.20. The molecule has 1 saturated heterocycles. The lowest BCUT2D eigenvalue weighted by molar-refractivity contribution is -0.0139. The number of hydrogen-bond acceptors (Lipinski definition) is 2. The second-order valence-electron chi connectivity index (χ2n) is 6.63. The van der Waals surface area contributed by atoms with Gasteiger partial charge in [0.25, 0.3) is 0 Å². The molecule has 1 aromatic carbocycles. The zero-order chi connectivity index (χ0) is 14.2. The molecule has 0 radical (unpaired) electrons. The Hall–Kier alpha value is -0.550. The molecule has 0 N–H and O–H groups in total. The summed E-state index contributed by atoms with van der Waals surface area (Å²) in [6, 6.07) is 8.31. The Morgan fingerprint density at radius 3 is 2.57 bits per heavy atom. The number of nitrogens with zero attached hydrogens (tertiary/aromatic N) is 1. The molecular weight excluding hydrogens is 306 g/mol. The number of fused-ring (bicyclic) bond motifs is 3. The summed E-state index contributed by atoms with van der Waals surface area (Å²) in [7, 11) is -2.20. The van der Waals surface area contributed by atoms with E-state index in [-0.39, 0.29) is 0 Å². The van der Waals surface area contributed by atoms with Gasteiger partial charge in [-0.05, 0) is 49.4 Å². The van der Waals surface area contributed by atoms with E-state index in [9.17, 15) is 4.21 Å². The van der Waals surface area contributed by atoms with Gasteiger partial charge < -0.3 is 4.74 Å². The van der Waals surface area contributed by atoms with Crippen molar-refractivity contribution in [1.29, 1.82) is 0 Å². The first-order chi connectivity index (χ1) is 10.2. The second kappa shape index (κ2) is 4.25. The largest absolute Gasteiger partial charge is 0.378 e. The van der Waals surface area contributed by atoms with Gasteiger partial charge in [0, 0.05) is 26.7 Å². The molecule has 5 heteroatoms. The lowest BCUT2D eigenvalue weighted by Crippen LogP contribution is -2.54. The van der Waals surface area contributed by atoms with E-state index in [1.54, 1.807) is 0 Å². The van der Waals surface area contributed by atoms with Crippen molar-refractivity contribution in [2.24, 2.45) is 11.8 Å². The second-order valence-corrected chi connectivity index (χ2v) is 9.53. The van der Waals surface area contributed by atoms with Crippen molar-refractivity contribution in [2.45, 2.75) is 36.2 Å². The van der Waals surface area contributed by atoms with Gasteiger partial charge in [-0.25, -0.2) is 8.51 Å². The Balaban J connectivity index is 1.65. The zero-order valence-electron chi connectivity index (χ0n) is 11.7. The molecule has 4 atom stereocenters. The minimum absolute atomic E-state index is 0.336. The minimum Gasteiger partial charge on any atom is -0.378 e. The Morgan fingerprint density at radius 1 is 1.14 bits per heavy atom. The summed E-state index contributed by atoms with van der Waals surface area (Å²) in [5, 5.41) is 0.703. The fourth-order valence-corrected chi connectivity index (χ4v) is 7.68. The third-order valence-electron chi connectivity index (χ3n) is 5.32. The standard InChI is InChI=1S/C16H18ClNO2S/c17-11-3-5-12(6-4-11)21(19)16-7-13(16)15-9-20-8-14(18(15)21)10-1-2-10/h3-6,10,13-15H,1-2,7-9H2/t13?,14-,15+,21?/m0/s1. The highest BCUT2D eigenvalue weighted by Gasteiger charge is 2.59. The summed E-state index contributed by atoms with van der Waals surface area (Å²) in [4.78, 5) is 2.20. The van der Waals surface area contributed by atoms with Crippen molar-refractivity contribution in [2.75, 3.05) is 13.2 Å². The van der Waals surface area contributed by atoms with E-state index < -0.39 is 9.71 Å². The molecule has 21 heavy (non-hydrogen) atoms. The average molecular weight is 324 g/mol. The molecule has 112 valence electrons. The van der Waals surface area contributed by atoms with Crippen LogP contribution >= 0.6 is 11.6 Å². The Bertz CT molecular complexity index is 718. The fourth-order valence-electron chi connectivity index (χ4n) is 4.06. The first-order valence-corrected chi connectivity index (χ1v) is 9.60. The molecule has 3 fully saturated rings. The van der Waals surface area contributed by atoms with Crippen molar-refractivity contribution >= 4 is 26.2 Å². The van der Waals surface area contributed by atoms with Crippen molar-refractivity contribution in [3.05, 3.63) is 29.3 Å². The Kier molecular flexibility index (Phi) is 2.62. The normalized spacial score (nSPS) is 41.8. The van der Waals surface area contributed by atoms with Gasteiger partial charge in [0.1, 0.15) is 0 Å². The molecule has 2 saturated carbocycles. The van der Waals surface area contributed by atoms with Gasteiger partial charge in [0.05, 0.1) is 29.0 Å². The highest BCUT2D eigenvalue weighted by Crippen LogP contribution is 2.51. The number of benzene rings is 1. The summed E-state index contributed by atoms with van der Waals surface area (Å²) in [6.07, 6.45) is 3.53. The van der Waals surface area contributed by atoms with E-state index in [0.717, 1.165) is 24.5 Å². The van der Waals surface area contributed by atoms with Gasteiger partial charge in [-0.1, -0.05) is 11.6 Å². The maximum atomic E-state index is 14.0. The van der Waals surface area contributed by atoms with Crippen LogP contribution in [-0.4, -0.2) is 38.7 Å². The highest BCUT2D eigenvalue weighted by molar-refractivity contribution is 8.01. The summed E-state index contributed by atoms with van der Waals surface area (Å²) in [6.45, 7) is 1.48. The molecule has 2 aliphatic carbocycles. The first kappa shape index (κ1) is 12.9. The molecule has 1 aromatic rings. The molecular formula is C16H18ClNO2S. The maximum Gasteiger partial charge on any atom is 0.0639 e. The maximum absolute atomic E-state index is 14.0. The summed E-state index contributed by atoms with van der Waals surface area (Å²) >= 11 is 6.00. The topological polar surface area (TPSA) is 29.5 Å². The van der Waals surface area contributed by atoms with Crippen molar-refractivity contribution < 1.29 is 8.95 Å². The zero-order valence-corrected chi connectivity index (χ0v) is 13.3. The molecule has 0 amide bonds. The van der Waals surface area contributed by atoms with E-state index in [1.807, 2.05) is 24.3 Å². The molecule has 5 rings (SSSR count). The van der Waals surface area contributed by atoms with Gasteiger partial charge >= 0.3 is 0 Å². The third kappa shape index (κ3) is 1.73. The Labute approximate surface area is 130 Å². The van der Waals surface area contributed by atoms with Crippen LogP contribution in [0.15, 0.2) is 29.2 Å². The lowest BCUT2D eigenvalue weighted by atomic mass is 10.1. The van der Waals surface area contributed by atoms with Gasteiger partial charge in [0.2, 0.25) is 0 Å². The van der Waals surface area contributed by atoms with Crippen LogP contribution < -0.4 is 0 Å². The number of ether oxygens (including phenoxy) is 1. The monoisotopic (exact) mass is 323 g/mol. The number of rotatable bonds is 2. The van der Waals surface area contributed by atoms with Crippen LogP contribution in [0.5, 0.6) is 0 Å². The molecule has 0 aromatic heterocycles. The third-order valence-corrected chi connectivity index (χ3v) is 8.80. The van der Waals surface area contributed by atoms with Crippen LogP contribution in [0, 0.1) is 11.8 Å². The van der Waals surface area contributed by atoms with Crippen molar-refractivity contribution in [1.82, 2.24) is 4.31 Å². The predicted octanol–water partition coefficient (Wildman–Crippen LogP) is 2.58. The van der Waals surface area contributed by atoms with E-state index in [1.165, 1.54) is 17.7 Å². The first-order valence-electron chi connectivity index (χ1n) is 7.71. The van der Waals surface area contributed by atoms with Crippen molar-refractivity contribution in [3.63, 3.8) is 0 Å². The number of morpholine rings is 1. The molecule has 4 aliphatic rings. The summed E-state index contributed by atoms with van der Waals surface area (Å²) in [5.41, 5.74) is 0. The van der Waals surface area contributed by atoms with Crippen molar-refractivity contribution in [3.8, 4) is 0 Å². The van der Waals surface area contributed by atoms with Gasteiger partial charge in [-0.2, -0.15) is 0 Å². The van der Waals surface area contributed by atoms with Crippen LogP contribution in [0.1, 0.15) is 19.3 Å². The van der Waals surface area contributed by atoms with Gasteiger partial charge in [0.15, 0.2) is 0 Å². The van der Waals surface area contributed by atoms with Gasteiger partial charge in [-0.3, -0.25) is 0 Å². The van der Waals surface area contributed by atoms with E-state index in [2.05, 4.69) is 4.31 Å².